The Balaban J connectivity index is 0.00000261. The number of nitrogens with one attached hydrogen (secondary N) is 2. The molecule has 1 saturated heterocycles. The molecule has 2 aliphatic heterocycles. The van der Waals surface area contributed by atoms with Gasteiger partial charge in [0.25, 0.3) is 0 Å². The fourth-order valence-corrected chi connectivity index (χ4v) is 3.30. The van der Waals surface area contributed by atoms with E-state index in [9.17, 15) is 4.39 Å². The first-order valence-corrected chi connectivity index (χ1v) is 9.42. The second-order valence-corrected chi connectivity index (χ2v) is 6.58. The summed E-state index contributed by atoms with van der Waals surface area (Å²) in [4.78, 5) is 10.9. The van der Waals surface area contributed by atoms with E-state index < -0.39 is 0 Å². The standard InChI is InChI=1S/C19H28FN5O.HI/c1-2-21-19(23-10-5-15-7-12-26-13-8-15)24-16-6-11-25(14-16)18-17(20)4-3-9-22-18;/h3-4,7,9,16H,2,5-6,8,10-14H2,1H3,(H2,21,23,24);1H. The number of pyridine rings is 1. The maximum absolute atomic E-state index is 13.9. The summed E-state index contributed by atoms with van der Waals surface area (Å²) in [5.74, 6) is 0.997. The van der Waals surface area contributed by atoms with Crippen LogP contribution in [-0.4, -0.2) is 56.4 Å². The summed E-state index contributed by atoms with van der Waals surface area (Å²) in [6, 6.07) is 3.31. The van der Waals surface area contributed by atoms with Crippen molar-refractivity contribution >= 4 is 35.8 Å². The van der Waals surface area contributed by atoms with Gasteiger partial charge < -0.3 is 20.3 Å². The maximum Gasteiger partial charge on any atom is 0.191 e. The molecule has 1 unspecified atom stereocenters. The Kier molecular flexibility index (Phi) is 9.26. The Morgan fingerprint density at radius 1 is 1.48 bits per heavy atom. The minimum absolute atomic E-state index is 0. The molecule has 2 aliphatic rings. The second kappa shape index (κ2) is 11.4. The summed E-state index contributed by atoms with van der Waals surface area (Å²) in [6.07, 6.45) is 6.71. The minimum Gasteiger partial charge on any atom is -0.377 e. The third-order valence-electron chi connectivity index (χ3n) is 4.67. The van der Waals surface area contributed by atoms with Gasteiger partial charge in [0.2, 0.25) is 0 Å². The molecule has 0 aliphatic carbocycles. The SMILES string of the molecule is CCNC(=NCCC1=CCOCC1)NC1CCN(c2ncccc2F)C1.I. The van der Waals surface area contributed by atoms with E-state index in [2.05, 4.69) is 28.6 Å². The van der Waals surface area contributed by atoms with Crippen LogP contribution in [0, 0.1) is 5.82 Å². The van der Waals surface area contributed by atoms with E-state index in [4.69, 9.17) is 9.73 Å². The molecule has 2 N–H and O–H groups in total. The van der Waals surface area contributed by atoms with Gasteiger partial charge in [-0.3, -0.25) is 4.99 Å². The average Bonchev–Trinajstić information content (AvgIpc) is 3.11. The van der Waals surface area contributed by atoms with Crippen molar-refractivity contribution in [3.8, 4) is 0 Å². The fraction of sp³-hybridized carbons (Fsp3) is 0.579. The predicted octanol–water partition coefficient (Wildman–Crippen LogP) is 2.71. The van der Waals surface area contributed by atoms with Crippen LogP contribution in [0.1, 0.15) is 26.2 Å². The topological polar surface area (TPSA) is 61.8 Å². The molecule has 1 fully saturated rings. The molecule has 0 spiro atoms. The van der Waals surface area contributed by atoms with Crippen LogP contribution in [0.3, 0.4) is 0 Å². The number of hydrogen-bond donors (Lipinski definition) is 2. The van der Waals surface area contributed by atoms with Crippen LogP contribution in [0.4, 0.5) is 10.2 Å². The van der Waals surface area contributed by atoms with Crippen molar-refractivity contribution in [1.82, 2.24) is 15.6 Å². The third kappa shape index (κ3) is 6.60. The molecule has 1 aromatic rings. The van der Waals surface area contributed by atoms with Gasteiger partial charge in [-0.2, -0.15) is 0 Å². The van der Waals surface area contributed by atoms with Gasteiger partial charge in [-0.25, -0.2) is 9.37 Å². The Bertz CT molecular complexity index is 655. The lowest BCUT2D eigenvalue weighted by molar-refractivity contribution is 0.153. The van der Waals surface area contributed by atoms with Gasteiger partial charge in [-0.05, 0) is 38.3 Å². The van der Waals surface area contributed by atoms with E-state index in [0.717, 1.165) is 64.6 Å². The van der Waals surface area contributed by atoms with Crippen LogP contribution < -0.4 is 15.5 Å². The van der Waals surface area contributed by atoms with E-state index in [-0.39, 0.29) is 35.8 Å². The smallest absolute Gasteiger partial charge is 0.191 e. The van der Waals surface area contributed by atoms with Gasteiger partial charge in [0.15, 0.2) is 17.6 Å². The van der Waals surface area contributed by atoms with Crippen LogP contribution >= 0.6 is 24.0 Å². The van der Waals surface area contributed by atoms with Gasteiger partial charge in [0, 0.05) is 38.4 Å². The Morgan fingerprint density at radius 2 is 2.37 bits per heavy atom. The molecular formula is C19H29FIN5O. The summed E-state index contributed by atoms with van der Waals surface area (Å²) >= 11 is 0. The van der Waals surface area contributed by atoms with Gasteiger partial charge in [-0.1, -0.05) is 11.6 Å². The van der Waals surface area contributed by atoms with Crippen LogP contribution in [0.15, 0.2) is 35.0 Å². The molecule has 3 heterocycles. The van der Waals surface area contributed by atoms with E-state index in [1.54, 1.807) is 12.3 Å². The van der Waals surface area contributed by atoms with Gasteiger partial charge in [0.05, 0.1) is 13.2 Å². The summed E-state index contributed by atoms with van der Waals surface area (Å²) in [6.45, 7) is 6.68. The summed E-state index contributed by atoms with van der Waals surface area (Å²) in [7, 11) is 0. The number of ether oxygens (including phenoxy) is 1. The average molecular weight is 489 g/mol. The van der Waals surface area contributed by atoms with E-state index >= 15 is 0 Å². The first-order chi connectivity index (χ1) is 12.8. The minimum atomic E-state index is -0.265. The zero-order valence-corrected chi connectivity index (χ0v) is 18.1. The lowest BCUT2D eigenvalue weighted by atomic mass is 10.1. The lowest BCUT2D eigenvalue weighted by Gasteiger charge is -2.20. The normalized spacial score (nSPS) is 20.1. The van der Waals surface area contributed by atoms with Crippen LogP contribution in [0.5, 0.6) is 0 Å². The number of halogens is 2. The van der Waals surface area contributed by atoms with Crippen LogP contribution in [0.2, 0.25) is 0 Å². The van der Waals surface area contributed by atoms with E-state index in [1.807, 2.05) is 4.90 Å². The molecule has 6 nitrogen and oxygen atoms in total. The summed E-state index contributed by atoms with van der Waals surface area (Å²) in [5.41, 5.74) is 1.42. The molecule has 27 heavy (non-hydrogen) atoms. The molecule has 8 heteroatoms. The van der Waals surface area contributed by atoms with Crippen molar-refractivity contribution in [3.05, 3.63) is 35.8 Å². The van der Waals surface area contributed by atoms with Crippen molar-refractivity contribution in [1.29, 1.82) is 0 Å². The number of rotatable bonds is 6. The summed E-state index contributed by atoms with van der Waals surface area (Å²) in [5, 5.41) is 6.78. The molecule has 0 amide bonds. The molecule has 1 aromatic heterocycles. The zero-order chi connectivity index (χ0) is 18.2. The molecule has 0 aromatic carbocycles. The quantitative estimate of drug-likeness (QED) is 0.279. The third-order valence-corrected chi connectivity index (χ3v) is 4.67. The molecule has 1 atom stereocenters. The molecule has 150 valence electrons. The van der Waals surface area contributed by atoms with Crippen molar-refractivity contribution in [2.24, 2.45) is 4.99 Å². The maximum atomic E-state index is 13.9. The molecule has 0 radical (unpaired) electrons. The highest BCUT2D eigenvalue weighted by molar-refractivity contribution is 14.0. The Hall–Kier alpha value is -1.42. The number of aliphatic imine (C=N–C) groups is 1. The highest BCUT2D eigenvalue weighted by Crippen LogP contribution is 2.20. The van der Waals surface area contributed by atoms with Gasteiger partial charge >= 0.3 is 0 Å². The Morgan fingerprint density at radius 3 is 3.11 bits per heavy atom. The number of anilines is 1. The van der Waals surface area contributed by atoms with E-state index in [0.29, 0.717) is 5.82 Å². The van der Waals surface area contributed by atoms with Crippen molar-refractivity contribution in [3.63, 3.8) is 0 Å². The number of guanidine groups is 1. The van der Waals surface area contributed by atoms with E-state index in [1.165, 1.54) is 11.6 Å². The van der Waals surface area contributed by atoms with Crippen molar-refractivity contribution < 1.29 is 9.13 Å². The van der Waals surface area contributed by atoms with Gasteiger partial charge in [0.1, 0.15) is 0 Å². The molecule has 3 rings (SSSR count). The largest absolute Gasteiger partial charge is 0.377 e. The molecular weight excluding hydrogens is 460 g/mol. The van der Waals surface area contributed by atoms with Gasteiger partial charge in [-0.15, -0.1) is 24.0 Å². The zero-order valence-electron chi connectivity index (χ0n) is 15.8. The van der Waals surface area contributed by atoms with Crippen molar-refractivity contribution in [2.45, 2.75) is 32.2 Å². The fourth-order valence-electron chi connectivity index (χ4n) is 3.30. The number of nitrogens with zero attached hydrogens (tertiary/aromatic N) is 3. The highest BCUT2D eigenvalue weighted by Gasteiger charge is 2.25. The predicted molar refractivity (Wildman–Crippen MR) is 117 cm³/mol. The summed E-state index contributed by atoms with van der Waals surface area (Å²) < 4.78 is 19.3. The lowest BCUT2D eigenvalue weighted by Crippen LogP contribution is -2.44. The monoisotopic (exact) mass is 489 g/mol. The molecule has 0 saturated carbocycles. The van der Waals surface area contributed by atoms with Crippen LogP contribution in [0.25, 0.3) is 0 Å². The number of aromatic nitrogens is 1. The van der Waals surface area contributed by atoms with Crippen LogP contribution in [-0.2, 0) is 4.74 Å². The highest BCUT2D eigenvalue weighted by atomic mass is 127. The first-order valence-electron chi connectivity index (χ1n) is 9.42. The van der Waals surface area contributed by atoms with Crippen molar-refractivity contribution in [2.75, 3.05) is 44.3 Å². The first kappa shape index (κ1) is 21.9. The second-order valence-electron chi connectivity index (χ2n) is 6.58. The Labute approximate surface area is 177 Å². The molecule has 0 bridgehead atoms. The number of hydrogen-bond acceptors (Lipinski definition) is 4.